The van der Waals surface area contributed by atoms with Crippen LogP contribution in [0.5, 0.6) is 5.75 Å². The molecule has 31 heavy (non-hydrogen) atoms. The van der Waals surface area contributed by atoms with Crippen molar-refractivity contribution in [1.29, 1.82) is 0 Å². The Hall–Kier alpha value is -2.57. The molecule has 0 radical (unpaired) electrons. The number of rotatable bonds is 8. The van der Waals surface area contributed by atoms with Gasteiger partial charge in [0, 0.05) is 31.1 Å². The van der Waals surface area contributed by atoms with Gasteiger partial charge in [-0.1, -0.05) is 41.9 Å². The van der Waals surface area contributed by atoms with Crippen LogP contribution >= 0.6 is 11.6 Å². The first-order chi connectivity index (χ1) is 15.1. The first-order valence-corrected chi connectivity index (χ1v) is 11.1. The van der Waals surface area contributed by atoms with Crippen LogP contribution in [-0.2, 0) is 16.1 Å². The highest BCUT2D eigenvalue weighted by atomic mass is 35.5. The monoisotopic (exact) mass is 441 g/mol. The number of nitrogens with one attached hydrogen (secondary N) is 2. The summed E-state index contributed by atoms with van der Waals surface area (Å²) in [6, 6.07) is 14.9. The van der Waals surface area contributed by atoms with Crippen LogP contribution in [0.3, 0.4) is 0 Å². The molecule has 2 heterocycles. The van der Waals surface area contributed by atoms with Gasteiger partial charge in [0.25, 0.3) is 0 Å². The van der Waals surface area contributed by atoms with Crippen LogP contribution in [0.1, 0.15) is 37.7 Å². The maximum atomic E-state index is 12.8. The summed E-state index contributed by atoms with van der Waals surface area (Å²) in [5.41, 5.74) is 2.30. The number of fused-ring (bicyclic) bond motifs is 2. The predicted octanol–water partition coefficient (Wildman–Crippen LogP) is 4.69. The summed E-state index contributed by atoms with van der Waals surface area (Å²) in [5, 5.41) is 5.81. The average molecular weight is 442 g/mol. The van der Waals surface area contributed by atoms with E-state index in [0.29, 0.717) is 53.0 Å². The molecule has 0 aliphatic carbocycles. The highest BCUT2D eigenvalue weighted by Gasteiger charge is 2.40. The van der Waals surface area contributed by atoms with Gasteiger partial charge in [0.15, 0.2) is 0 Å². The number of anilines is 2. The number of benzene rings is 2. The van der Waals surface area contributed by atoms with Crippen molar-refractivity contribution in [3.63, 3.8) is 0 Å². The molecule has 0 aromatic heterocycles. The van der Waals surface area contributed by atoms with E-state index in [9.17, 15) is 9.59 Å². The number of piperidine rings is 1. The van der Waals surface area contributed by atoms with Crippen molar-refractivity contribution in [2.45, 2.75) is 50.7 Å². The number of hydrogen-bond donors (Lipinski definition) is 2. The molecule has 6 nitrogen and oxygen atoms in total. The van der Waals surface area contributed by atoms with Gasteiger partial charge >= 0.3 is 0 Å². The molecule has 2 atom stereocenters. The Morgan fingerprint density at radius 2 is 1.87 bits per heavy atom. The van der Waals surface area contributed by atoms with Gasteiger partial charge in [0.2, 0.25) is 12.3 Å². The van der Waals surface area contributed by atoms with Crippen LogP contribution in [0, 0.1) is 5.92 Å². The number of ether oxygens (including phenoxy) is 1. The third-order valence-electron chi connectivity index (χ3n) is 6.44. The predicted molar refractivity (Wildman–Crippen MR) is 122 cm³/mol. The zero-order valence-electron chi connectivity index (χ0n) is 17.6. The lowest BCUT2D eigenvalue weighted by atomic mass is 9.87. The molecule has 2 aromatic carbocycles. The second-order valence-electron chi connectivity index (χ2n) is 8.43. The van der Waals surface area contributed by atoms with Gasteiger partial charge in [-0.05, 0) is 43.2 Å². The Balaban J connectivity index is 1.36. The van der Waals surface area contributed by atoms with Crippen molar-refractivity contribution in [2.75, 3.05) is 17.7 Å². The lowest BCUT2D eigenvalue weighted by molar-refractivity contribution is -0.117. The van der Waals surface area contributed by atoms with E-state index in [4.69, 9.17) is 16.3 Å². The van der Waals surface area contributed by atoms with Crippen LogP contribution < -0.4 is 15.4 Å². The third-order valence-corrected chi connectivity index (χ3v) is 6.75. The summed E-state index contributed by atoms with van der Waals surface area (Å²) in [6.45, 7) is 0.992. The van der Waals surface area contributed by atoms with E-state index in [-0.39, 0.29) is 5.91 Å². The minimum absolute atomic E-state index is 0.0358. The lowest BCUT2D eigenvalue weighted by Gasteiger charge is -2.39. The molecule has 164 valence electrons. The van der Waals surface area contributed by atoms with Crippen molar-refractivity contribution in [2.24, 2.45) is 5.92 Å². The second kappa shape index (κ2) is 9.71. The fraction of sp³-hybridized carbons (Fsp3) is 0.417. The van der Waals surface area contributed by atoms with E-state index in [1.54, 1.807) is 12.1 Å². The Morgan fingerprint density at radius 3 is 2.52 bits per heavy atom. The molecule has 2 fully saturated rings. The van der Waals surface area contributed by atoms with Crippen LogP contribution in [0.2, 0.25) is 5.02 Å². The quantitative estimate of drug-likeness (QED) is 0.583. The van der Waals surface area contributed by atoms with Crippen molar-refractivity contribution in [3.05, 3.63) is 53.1 Å². The van der Waals surface area contributed by atoms with Crippen LogP contribution in [0.15, 0.2) is 42.5 Å². The molecule has 2 aliphatic rings. The number of halogens is 1. The molecular formula is C24H28ClN3O3. The smallest absolute Gasteiger partial charge is 0.224 e. The van der Waals surface area contributed by atoms with Crippen molar-refractivity contribution < 1.29 is 14.3 Å². The molecule has 2 amide bonds. The van der Waals surface area contributed by atoms with E-state index in [2.05, 4.69) is 45.9 Å². The Kier molecular flexibility index (Phi) is 6.78. The fourth-order valence-electron chi connectivity index (χ4n) is 5.06. The van der Waals surface area contributed by atoms with Crippen molar-refractivity contribution in [1.82, 2.24) is 4.90 Å². The molecule has 2 saturated heterocycles. The Labute approximate surface area is 187 Å². The number of hydrogen-bond acceptors (Lipinski definition) is 4. The molecular weight excluding hydrogens is 414 g/mol. The van der Waals surface area contributed by atoms with Crippen molar-refractivity contribution >= 4 is 35.3 Å². The first-order valence-electron chi connectivity index (χ1n) is 10.7. The van der Waals surface area contributed by atoms with Gasteiger partial charge in [-0.25, -0.2) is 0 Å². The fourth-order valence-corrected chi connectivity index (χ4v) is 5.28. The zero-order chi connectivity index (χ0) is 21.8. The summed E-state index contributed by atoms with van der Waals surface area (Å²) >= 11 is 6.21. The lowest BCUT2D eigenvalue weighted by Crippen LogP contribution is -2.42. The van der Waals surface area contributed by atoms with E-state index in [1.807, 2.05) is 0 Å². The third kappa shape index (κ3) is 5.02. The molecule has 2 N–H and O–H groups in total. The largest absolute Gasteiger partial charge is 0.494 e. The van der Waals surface area contributed by atoms with E-state index in [0.717, 1.165) is 19.4 Å². The summed E-state index contributed by atoms with van der Waals surface area (Å²) in [6.07, 6.45) is 5.57. The molecule has 7 heteroatoms. The van der Waals surface area contributed by atoms with Gasteiger partial charge < -0.3 is 15.4 Å². The first kappa shape index (κ1) is 21.7. The maximum Gasteiger partial charge on any atom is 0.224 e. The summed E-state index contributed by atoms with van der Waals surface area (Å²) < 4.78 is 5.36. The molecule has 0 spiro atoms. The molecule has 2 aromatic rings. The summed E-state index contributed by atoms with van der Waals surface area (Å²) in [5.74, 6) is 0.799. The molecule has 2 aliphatic heterocycles. The highest BCUT2D eigenvalue weighted by Crippen LogP contribution is 2.41. The van der Waals surface area contributed by atoms with Crippen LogP contribution in [0.4, 0.5) is 11.4 Å². The number of methoxy groups -OCH3 is 1. The molecule has 2 bridgehead atoms. The van der Waals surface area contributed by atoms with Gasteiger partial charge in [0.05, 0.1) is 23.5 Å². The van der Waals surface area contributed by atoms with Gasteiger partial charge in [-0.2, -0.15) is 0 Å². The van der Waals surface area contributed by atoms with Gasteiger partial charge in [0.1, 0.15) is 5.75 Å². The Morgan fingerprint density at radius 1 is 1.16 bits per heavy atom. The SMILES string of the molecule is COc1cc(NC=O)c(Cl)cc1NC(=O)CC1CC2CCC(C1)N2Cc1ccccc1. The standard InChI is InChI=1S/C24H28ClN3O3/c1-31-23-13-21(26-15-29)20(25)12-22(23)27-24(30)11-17-9-18-7-8-19(10-17)28(18)14-16-5-3-2-4-6-16/h2-6,12-13,15,17-19H,7-11,14H2,1H3,(H,26,29)(H,27,30). The number of nitrogens with zero attached hydrogens (tertiary/aromatic N) is 1. The molecule has 2 unspecified atom stereocenters. The van der Waals surface area contributed by atoms with Gasteiger partial charge in [-0.3, -0.25) is 14.5 Å². The number of carbonyl (C=O) groups is 2. The normalized spacial score (nSPS) is 22.7. The number of carbonyl (C=O) groups excluding carboxylic acids is 2. The molecule has 0 saturated carbocycles. The van der Waals surface area contributed by atoms with Crippen LogP contribution in [-0.4, -0.2) is 36.4 Å². The zero-order valence-corrected chi connectivity index (χ0v) is 18.4. The van der Waals surface area contributed by atoms with E-state index >= 15 is 0 Å². The number of amides is 2. The summed E-state index contributed by atoms with van der Waals surface area (Å²) in [7, 11) is 1.52. The Bertz CT molecular complexity index is 923. The van der Waals surface area contributed by atoms with Gasteiger partial charge in [-0.15, -0.1) is 0 Å². The summed E-state index contributed by atoms with van der Waals surface area (Å²) in [4.78, 5) is 26.1. The molecule has 4 rings (SSSR count). The second-order valence-corrected chi connectivity index (χ2v) is 8.83. The highest BCUT2D eigenvalue weighted by molar-refractivity contribution is 6.34. The van der Waals surface area contributed by atoms with E-state index < -0.39 is 0 Å². The van der Waals surface area contributed by atoms with E-state index in [1.165, 1.54) is 25.5 Å². The minimum atomic E-state index is -0.0358. The topological polar surface area (TPSA) is 70.7 Å². The van der Waals surface area contributed by atoms with Crippen molar-refractivity contribution in [3.8, 4) is 5.75 Å². The average Bonchev–Trinajstić information content (AvgIpc) is 2.98. The van der Waals surface area contributed by atoms with Crippen LogP contribution in [0.25, 0.3) is 0 Å². The minimum Gasteiger partial charge on any atom is -0.494 e. The maximum absolute atomic E-state index is 12.8.